The van der Waals surface area contributed by atoms with Gasteiger partial charge in [0.1, 0.15) is 5.75 Å². The zero-order valence-electron chi connectivity index (χ0n) is 6.96. The summed E-state index contributed by atoms with van der Waals surface area (Å²) in [5.41, 5.74) is 0.648. The summed E-state index contributed by atoms with van der Waals surface area (Å²) in [5, 5.41) is 8.64. The van der Waals surface area contributed by atoms with E-state index in [1.54, 1.807) is 12.1 Å². The van der Waals surface area contributed by atoms with E-state index in [-0.39, 0.29) is 0 Å². The normalized spacial score (nSPS) is 15.1. The van der Waals surface area contributed by atoms with E-state index in [1.165, 1.54) is 0 Å². The summed E-state index contributed by atoms with van der Waals surface area (Å²) in [6, 6.07) is 7.45. The van der Waals surface area contributed by atoms with E-state index < -0.39 is 0 Å². The molecule has 1 fully saturated rings. The van der Waals surface area contributed by atoms with Gasteiger partial charge in [-0.1, -0.05) is 0 Å². The van der Waals surface area contributed by atoms with Crippen LogP contribution in [0.2, 0.25) is 0 Å². The van der Waals surface area contributed by atoms with Gasteiger partial charge in [0, 0.05) is 0 Å². The molecule has 0 saturated heterocycles. The fourth-order valence-corrected chi connectivity index (χ4v) is 1.50. The number of nitriles is 1. The SMILES string of the molecule is N#Cc1ccc(OC2CC2)c(Br)c1. The maximum absolute atomic E-state index is 8.64. The third-order valence-corrected chi connectivity index (χ3v) is 2.50. The molecule has 1 aliphatic rings. The molecule has 2 nitrogen and oxygen atoms in total. The Hall–Kier alpha value is -1.01. The molecule has 1 aromatic rings. The Kier molecular flexibility index (Phi) is 2.24. The van der Waals surface area contributed by atoms with Crippen LogP contribution in [0.25, 0.3) is 0 Å². The second-order valence-electron chi connectivity index (χ2n) is 3.07. The number of rotatable bonds is 2. The van der Waals surface area contributed by atoms with Crippen molar-refractivity contribution in [3.63, 3.8) is 0 Å². The van der Waals surface area contributed by atoms with E-state index in [9.17, 15) is 0 Å². The van der Waals surface area contributed by atoms with E-state index >= 15 is 0 Å². The highest BCUT2D eigenvalue weighted by Crippen LogP contribution is 2.32. The molecule has 1 saturated carbocycles. The van der Waals surface area contributed by atoms with Gasteiger partial charge in [-0.25, -0.2) is 0 Å². The highest BCUT2D eigenvalue weighted by Gasteiger charge is 2.24. The predicted octanol–water partition coefficient (Wildman–Crippen LogP) is 2.86. The van der Waals surface area contributed by atoms with Crippen LogP contribution < -0.4 is 4.74 Å². The molecule has 0 N–H and O–H groups in total. The fraction of sp³-hybridized carbons (Fsp3) is 0.300. The van der Waals surface area contributed by atoms with Crippen LogP contribution in [0.5, 0.6) is 5.75 Å². The van der Waals surface area contributed by atoms with E-state index in [1.807, 2.05) is 6.07 Å². The first-order valence-corrected chi connectivity index (χ1v) is 4.95. The Bertz CT molecular complexity index is 366. The van der Waals surface area contributed by atoms with E-state index in [4.69, 9.17) is 10.00 Å². The second kappa shape index (κ2) is 3.39. The molecule has 13 heavy (non-hydrogen) atoms. The summed E-state index contributed by atoms with van der Waals surface area (Å²) < 4.78 is 6.46. The molecular weight excluding hydrogens is 230 g/mol. The minimum absolute atomic E-state index is 0.393. The fourth-order valence-electron chi connectivity index (χ4n) is 1.03. The minimum atomic E-state index is 0.393. The molecular formula is C10H8BrNO. The number of benzene rings is 1. The van der Waals surface area contributed by atoms with Crippen molar-refractivity contribution in [1.29, 1.82) is 5.26 Å². The van der Waals surface area contributed by atoms with Crippen molar-refractivity contribution in [1.82, 2.24) is 0 Å². The third-order valence-electron chi connectivity index (χ3n) is 1.88. The molecule has 0 radical (unpaired) electrons. The maximum Gasteiger partial charge on any atom is 0.133 e. The van der Waals surface area contributed by atoms with Crippen LogP contribution in [0.4, 0.5) is 0 Å². The molecule has 0 aromatic heterocycles. The van der Waals surface area contributed by atoms with Crippen LogP contribution in [0.15, 0.2) is 22.7 Å². The van der Waals surface area contributed by atoms with Crippen molar-refractivity contribution in [2.24, 2.45) is 0 Å². The van der Waals surface area contributed by atoms with Gasteiger partial charge in [0.25, 0.3) is 0 Å². The highest BCUT2D eigenvalue weighted by molar-refractivity contribution is 9.10. The number of ether oxygens (including phenoxy) is 1. The molecule has 0 unspecified atom stereocenters. The number of halogens is 1. The third kappa shape index (κ3) is 2.02. The van der Waals surface area contributed by atoms with Crippen molar-refractivity contribution >= 4 is 15.9 Å². The molecule has 0 aliphatic heterocycles. The molecule has 1 aliphatic carbocycles. The Labute approximate surface area is 85.3 Å². The Morgan fingerprint density at radius 1 is 1.46 bits per heavy atom. The van der Waals surface area contributed by atoms with E-state index in [2.05, 4.69) is 22.0 Å². The van der Waals surface area contributed by atoms with Crippen molar-refractivity contribution in [2.45, 2.75) is 18.9 Å². The molecule has 0 heterocycles. The first-order valence-electron chi connectivity index (χ1n) is 4.16. The van der Waals surface area contributed by atoms with Crippen LogP contribution in [0.1, 0.15) is 18.4 Å². The average molecular weight is 238 g/mol. The van der Waals surface area contributed by atoms with Crippen molar-refractivity contribution < 1.29 is 4.74 Å². The van der Waals surface area contributed by atoms with Gasteiger partial charge in [-0.05, 0) is 47.0 Å². The summed E-state index contributed by atoms with van der Waals surface area (Å²) in [6.45, 7) is 0. The molecule has 66 valence electrons. The summed E-state index contributed by atoms with van der Waals surface area (Å²) in [6.07, 6.45) is 2.68. The van der Waals surface area contributed by atoms with Crippen molar-refractivity contribution in [3.8, 4) is 11.8 Å². The van der Waals surface area contributed by atoms with Gasteiger partial charge in [0.15, 0.2) is 0 Å². The summed E-state index contributed by atoms with van der Waals surface area (Å²) in [7, 11) is 0. The lowest BCUT2D eigenvalue weighted by Crippen LogP contribution is -1.96. The smallest absolute Gasteiger partial charge is 0.133 e. The largest absolute Gasteiger partial charge is 0.489 e. The Morgan fingerprint density at radius 2 is 2.23 bits per heavy atom. The molecule has 2 rings (SSSR count). The average Bonchev–Trinajstić information content (AvgIpc) is 2.92. The lowest BCUT2D eigenvalue weighted by atomic mass is 10.2. The molecule has 1 aromatic carbocycles. The minimum Gasteiger partial charge on any atom is -0.489 e. The van der Waals surface area contributed by atoms with Gasteiger partial charge in [-0.3, -0.25) is 0 Å². The van der Waals surface area contributed by atoms with Crippen molar-refractivity contribution in [3.05, 3.63) is 28.2 Å². The molecule has 0 bridgehead atoms. The second-order valence-corrected chi connectivity index (χ2v) is 3.93. The number of hydrogen-bond acceptors (Lipinski definition) is 2. The Morgan fingerprint density at radius 3 is 2.77 bits per heavy atom. The molecule has 0 amide bonds. The molecule has 3 heteroatoms. The molecule has 0 spiro atoms. The standard InChI is InChI=1S/C10H8BrNO/c11-9-5-7(6-12)1-4-10(9)13-8-2-3-8/h1,4-5,8H,2-3H2. The summed E-state index contributed by atoms with van der Waals surface area (Å²) in [4.78, 5) is 0. The quantitative estimate of drug-likeness (QED) is 0.793. The topological polar surface area (TPSA) is 33.0 Å². The monoisotopic (exact) mass is 237 g/mol. The summed E-state index contributed by atoms with van der Waals surface area (Å²) >= 11 is 3.37. The zero-order chi connectivity index (χ0) is 9.26. The van der Waals surface area contributed by atoms with Crippen molar-refractivity contribution in [2.75, 3.05) is 0 Å². The van der Waals surface area contributed by atoms with E-state index in [0.29, 0.717) is 11.7 Å². The zero-order valence-corrected chi connectivity index (χ0v) is 8.54. The van der Waals surface area contributed by atoms with Gasteiger partial charge in [-0.2, -0.15) is 5.26 Å². The molecule has 0 atom stereocenters. The maximum atomic E-state index is 8.64. The summed E-state index contributed by atoms with van der Waals surface area (Å²) in [5.74, 6) is 0.835. The van der Waals surface area contributed by atoms with Crippen LogP contribution in [-0.4, -0.2) is 6.10 Å². The number of nitrogens with zero attached hydrogens (tertiary/aromatic N) is 1. The van der Waals surface area contributed by atoms with Crippen LogP contribution in [-0.2, 0) is 0 Å². The lowest BCUT2D eigenvalue weighted by molar-refractivity contribution is 0.301. The van der Waals surface area contributed by atoms with Crippen LogP contribution in [0, 0.1) is 11.3 Å². The van der Waals surface area contributed by atoms with Gasteiger partial charge in [0.2, 0.25) is 0 Å². The van der Waals surface area contributed by atoms with Gasteiger partial charge >= 0.3 is 0 Å². The predicted molar refractivity (Wildman–Crippen MR) is 52.5 cm³/mol. The highest BCUT2D eigenvalue weighted by atomic mass is 79.9. The first kappa shape index (κ1) is 8.58. The Balaban J connectivity index is 2.21. The van der Waals surface area contributed by atoms with Crippen LogP contribution in [0.3, 0.4) is 0 Å². The lowest BCUT2D eigenvalue weighted by Gasteiger charge is -2.05. The van der Waals surface area contributed by atoms with Gasteiger partial charge in [0.05, 0.1) is 22.2 Å². The first-order chi connectivity index (χ1) is 6.29. The van der Waals surface area contributed by atoms with Gasteiger partial charge in [-0.15, -0.1) is 0 Å². The van der Waals surface area contributed by atoms with E-state index in [0.717, 1.165) is 23.1 Å². The van der Waals surface area contributed by atoms with Crippen LogP contribution >= 0.6 is 15.9 Å². The number of hydrogen-bond donors (Lipinski definition) is 0. The van der Waals surface area contributed by atoms with Gasteiger partial charge < -0.3 is 4.74 Å².